The third-order valence-corrected chi connectivity index (χ3v) is 5.73. The van der Waals surface area contributed by atoms with Crippen molar-refractivity contribution >= 4 is 39.8 Å². The molecule has 7 heteroatoms. The molecule has 0 fully saturated rings. The van der Waals surface area contributed by atoms with Gasteiger partial charge in [-0.05, 0) is 41.3 Å². The molecule has 0 saturated heterocycles. The number of carbonyl (C=O) groups excluding carboxylic acids is 1. The van der Waals surface area contributed by atoms with Crippen LogP contribution in [0.1, 0.15) is 18.9 Å². The Labute approximate surface area is 164 Å². The van der Waals surface area contributed by atoms with E-state index in [4.69, 9.17) is 9.15 Å². The van der Waals surface area contributed by atoms with Gasteiger partial charge in [-0.3, -0.25) is 4.79 Å². The van der Waals surface area contributed by atoms with Crippen molar-refractivity contribution in [2.75, 3.05) is 5.75 Å². The predicted molar refractivity (Wildman–Crippen MR) is 107 cm³/mol. The summed E-state index contributed by atoms with van der Waals surface area (Å²) in [5.74, 6) is 0.627. The molecule has 0 radical (unpaired) electrons. The second-order valence-corrected chi connectivity index (χ2v) is 7.85. The normalized spacial score (nSPS) is 12.2. The molecule has 27 heavy (non-hydrogen) atoms. The molecule has 0 saturated carbocycles. The van der Waals surface area contributed by atoms with Gasteiger partial charge in [0.2, 0.25) is 0 Å². The Morgan fingerprint density at radius 3 is 2.81 bits per heavy atom. The lowest BCUT2D eigenvalue weighted by molar-refractivity contribution is -0.146. The fourth-order valence-electron chi connectivity index (χ4n) is 2.58. The molecule has 4 rings (SSSR count). The smallest absolute Gasteiger partial charge is 0.317 e. The van der Waals surface area contributed by atoms with Crippen LogP contribution in [-0.4, -0.2) is 21.9 Å². The van der Waals surface area contributed by atoms with Crippen LogP contribution in [0, 0.1) is 0 Å². The Kier molecular flexibility index (Phi) is 5.22. The number of nitrogens with zero attached hydrogens (tertiary/aromatic N) is 2. The van der Waals surface area contributed by atoms with E-state index in [1.165, 1.54) is 28.5 Å². The Morgan fingerprint density at radius 1 is 1.15 bits per heavy atom. The van der Waals surface area contributed by atoms with Crippen LogP contribution in [0.3, 0.4) is 0 Å². The van der Waals surface area contributed by atoms with Crippen molar-refractivity contribution in [1.29, 1.82) is 0 Å². The molecule has 136 valence electrons. The lowest BCUT2D eigenvalue weighted by Gasteiger charge is -2.09. The number of fused-ring (bicyclic) bond motifs is 1. The average molecular weight is 396 g/mol. The highest BCUT2D eigenvalue weighted by Gasteiger charge is 2.19. The van der Waals surface area contributed by atoms with Gasteiger partial charge in [-0.15, -0.1) is 33.3 Å². The first-order valence-corrected chi connectivity index (χ1v) is 10.2. The molecular weight excluding hydrogens is 380 g/mol. The zero-order chi connectivity index (χ0) is 18.6. The van der Waals surface area contributed by atoms with E-state index in [2.05, 4.69) is 34.5 Å². The largest absolute Gasteiger partial charge is 0.452 e. The molecule has 0 N–H and O–H groups in total. The first kappa shape index (κ1) is 17.8. The van der Waals surface area contributed by atoms with Crippen LogP contribution in [-0.2, 0) is 9.53 Å². The summed E-state index contributed by atoms with van der Waals surface area (Å²) >= 11 is 2.96. The Balaban J connectivity index is 1.34. The van der Waals surface area contributed by atoms with Crippen LogP contribution in [0.2, 0.25) is 0 Å². The zero-order valence-electron chi connectivity index (χ0n) is 14.5. The van der Waals surface area contributed by atoms with Crippen LogP contribution in [0.15, 0.2) is 69.3 Å². The molecule has 0 amide bonds. The van der Waals surface area contributed by atoms with Crippen molar-refractivity contribution in [2.24, 2.45) is 0 Å². The molecule has 0 bridgehead atoms. The number of aromatic nitrogens is 2. The number of ether oxygens (including phenoxy) is 1. The van der Waals surface area contributed by atoms with Gasteiger partial charge in [-0.2, -0.15) is 0 Å². The highest BCUT2D eigenvalue weighted by atomic mass is 32.2. The van der Waals surface area contributed by atoms with Crippen LogP contribution < -0.4 is 0 Å². The van der Waals surface area contributed by atoms with E-state index >= 15 is 0 Å². The van der Waals surface area contributed by atoms with Crippen molar-refractivity contribution in [2.45, 2.75) is 17.9 Å². The fourth-order valence-corrected chi connectivity index (χ4v) is 3.95. The highest BCUT2D eigenvalue weighted by Crippen LogP contribution is 2.27. The summed E-state index contributed by atoms with van der Waals surface area (Å²) < 4.78 is 11.0. The number of rotatable bonds is 6. The molecule has 0 aliphatic rings. The quantitative estimate of drug-likeness (QED) is 0.323. The van der Waals surface area contributed by atoms with E-state index in [0.717, 1.165) is 15.2 Å². The molecule has 2 heterocycles. The van der Waals surface area contributed by atoms with Crippen molar-refractivity contribution in [1.82, 2.24) is 10.2 Å². The minimum Gasteiger partial charge on any atom is -0.452 e. The minimum absolute atomic E-state index is 0.217. The predicted octanol–water partition coefficient (Wildman–Crippen LogP) is 5.35. The summed E-state index contributed by atoms with van der Waals surface area (Å²) in [7, 11) is 0. The maximum atomic E-state index is 12.2. The lowest BCUT2D eigenvalue weighted by Crippen LogP contribution is -2.11. The average Bonchev–Trinajstić information content (AvgIpc) is 3.37. The summed E-state index contributed by atoms with van der Waals surface area (Å²) in [6.07, 6.45) is -0.587. The second kappa shape index (κ2) is 7.94. The number of carbonyl (C=O) groups is 1. The van der Waals surface area contributed by atoms with E-state index in [-0.39, 0.29) is 11.7 Å². The zero-order valence-corrected chi connectivity index (χ0v) is 16.1. The second-order valence-electron chi connectivity index (χ2n) is 5.85. The SMILES string of the molecule is C[C@@H](OC(=O)CSc1ccc2ccccc2c1)c1nnc(-c2cccs2)o1. The molecule has 1 atom stereocenters. The first-order chi connectivity index (χ1) is 13.2. The van der Waals surface area contributed by atoms with Crippen molar-refractivity contribution in [3.63, 3.8) is 0 Å². The van der Waals surface area contributed by atoms with Gasteiger partial charge >= 0.3 is 5.97 Å². The van der Waals surface area contributed by atoms with Gasteiger partial charge in [0.1, 0.15) is 0 Å². The van der Waals surface area contributed by atoms with Crippen molar-refractivity contribution < 1.29 is 13.9 Å². The number of thiophene rings is 1. The Bertz CT molecular complexity index is 1060. The third kappa shape index (κ3) is 4.20. The van der Waals surface area contributed by atoms with Gasteiger partial charge in [-0.1, -0.05) is 36.4 Å². The molecule has 0 aliphatic carbocycles. The van der Waals surface area contributed by atoms with Gasteiger partial charge < -0.3 is 9.15 Å². The number of esters is 1. The highest BCUT2D eigenvalue weighted by molar-refractivity contribution is 8.00. The van der Waals surface area contributed by atoms with Crippen LogP contribution in [0.4, 0.5) is 0 Å². The Morgan fingerprint density at radius 2 is 2.00 bits per heavy atom. The van der Waals surface area contributed by atoms with Crippen LogP contribution in [0.25, 0.3) is 21.5 Å². The van der Waals surface area contributed by atoms with Gasteiger partial charge in [0.05, 0.1) is 10.6 Å². The maximum Gasteiger partial charge on any atom is 0.317 e. The lowest BCUT2D eigenvalue weighted by atomic mass is 10.1. The molecule has 4 aromatic rings. The van der Waals surface area contributed by atoms with Gasteiger partial charge in [0, 0.05) is 4.90 Å². The molecular formula is C20H16N2O3S2. The summed E-state index contributed by atoms with van der Waals surface area (Å²) in [6, 6.07) is 18.1. The van der Waals surface area contributed by atoms with Crippen molar-refractivity contribution in [3.8, 4) is 10.8 Å². The maximum absolute atomic E-state index is 12.2. The van der Waals surface area contributed by atoms with E-state index in [9.17, 15) is 4.79 Å². The monoisotopic (exact) mass is 396 g/mol. The summed E-state index contributed by atoms with van der Waals surface area (Å²) in [5, 5.41) is 12.3. The minimum atomic E-state index is -0.587. The Hall–Kier alpha value is -2.64. The molecule has 2 aromatic carbocycles. The molecule has 0 spiro atoms. The van der Waals surface area contributed by atoms with Crippen molar-refractivity contribution in [3.05, 3.63) is 65.9 Å². The van der Waals surface area contributed by atoms with E-state index in [1.54, 1.807) is 6.92 Å². The van der Waals surface area contributed by atoms with Gasteiger partial charge in [-0.25, -0.2) is 0 Å². The van der Waals surface area contributed by atoms with E-state index in [0.29, 0.717) is 11.8 Å². The fraction of sp³-hybridized carbons (Fsp3) is 0.150. The standard InChI is InChI=1S/C20H16N2O3S2/c1-13(19-21-22-20(25-19)17-7-4-10-26-17)24-18(23)12-27-16-9-8-14-5-2-3-6-15(14)11-16/h2-11,13H,12H2,1H3/t13-/m1/s1. The summed E-state index contributed by atoms with van der Waals surface area (Å²) in [6.45, 7) is 1.73. The van der Waals surface area contributed by atoms with Crippen LogP contribution in [0.5, 0.6) is 0 Å². The number of hydrogen-bond acceptors (Lipinski definition) is 7. The first-order valence-electron chi connectivity index (χ1n) is 8.37. The molecule has 0 aliphatic heterocycles. The topological polar surface area (TPSA) is 65.2 Å². The number of thioether (sulfide) groups is 1. The summed E-state index contributed by atoms with van der Waals surface area (Å²) in [4.78, 5) is 14.1. The molecule has 2 aromatic heterocycles. The molecule has 0 unspecified atom stereocenters. The third-order valence-electron chi connectivity index (χ3n) is 3.91. The van der Waals surface area contributed by atoms with Gasteiger partial charge in [0.15, 0.2) is 6.10 Å². The van der Waals surface area contributed by atoms with E-state index in [1.807, 2.05) is 35.7 Å². The van der Waals surface area contributed by atoms with Gasteiger partial charge in [0.25, 0.3) is 11.8 Å². The summed E-state index contributed by atoms with van der Waals surface area (Å²) in [5.41, 5.74) is 0. The van der Waals surface area contributed by atoms with Crippen LogP contribution >= 0.6 is 23.1 Å². The number of hydrogen-bond donors (Lipinski definition) is 0. The van der Waals surface area contributed by atoms with E-state index < -0.39 is 6.10 Å². The molecule has 5 nitrogen and oxygen atoms in total. The number of benzene rings is 2.